The summed E-state index contributed by atoms with van der Waals surface area (Å²) in [5.41, 5.74) is 6.47. The molecule has 2 heteroatoms. The quantitative estimate of drug-likeness (QED) is 0.603. The minimum atomic E-state index is 0.0818. The SMILES string of the molecule is Cc1cc(C)c(C(=O)N(Cc2ccccc2)Cc2ccccc2)cc1C. The maximum Gasteiger partial charge on any atom is 0.254 e. The van der Waals surface area contributed by atoms with Gasteiger partial charge in [-0.1, -0.05) is 66.7 Å². The highest BCUT2D eigenvalue weighted by molar-refractivity contribution is 5.96. The molecule has 0 saturated heterocycles. The van der Waals surface area contributed by atoms with Gasteiger partial charge in [0.05, 0.1) is 0 Å². The van der Waals surface area contributed by atoms with E-state index in [1.807, 2.05) is 54.3 Å². The van der Waals surface area contributed by atoms with Gasteiger partial charge in [0.1, 0.15) is 0 Å². The van der Waals surface area contributed by atoms with Crippen LogP contribution in [0.25, 0.3) is 0 Å². The van der Waals surface area contributed by atoms with E-state index in [4.69, 9.17) is 0 Å². The number of amides is 1. The Morgan fingerprint density at radius 1 is 0.692 bits per heavy atom. The normalized spacial score (nSPS) is 10.6. The van der Waals surface area contributed by atoms with Crippen LogP contribution in [-0.2, 0) is 13.1 Å². The third-order valence-electron chi connectivity index (χ3n) is 4.79. The zero-order valence-electron chi connectivity index (χ0n) is 15.7. The molecule has 3 rings (SSSR count). The van der Waals surface area contributed by atoms with E-state index in [0.29, 0.717) is 13.1 Å². The van der Waals surface area contributed by atoms with Crippen molar-refractivity contribution in [2.24, 2.45) is 0 Å². The highest BCUT2D eigenvalue weighted by Gasteiger charge is 2.19. The summed E-state index contributed by atoms with van der Waals surface area (Å²) in [4.78, 5) is 15.3. The molecule has 0 heterocycles. The van der Waals surface area contributed by atoms with Crippen molar-refractivity contribution in [3.63, 3.8) is 0 Å². The largest absolute Gasteiger partial charge is 0.330 e. The van der Waals surface area contributed by atoms with Gasteiger partial charge in [0.2, 0.25) is 0 Å². The van der Waals surface area contributed by atoms with Crippen LogP contribution >= 0.6 is 0 Å². The summed E-state index contributed by atoms with van der Waals surface area (Å²) in [6.45, 7) is 7.36. The number of carbonyl (C=O) groups excluding carboxylic acids is 1. The van der Waals surface area contributed by atoms with Crippen molar-refractivity contribution in [3.8, 4) is 0 Å². The molecular weight excluding hydrogens is 318 g/mol. The number of hydrogen-bond donors (Lipinski definition) is 0. The molecule has 0 atom stereocenters. The Hall–Kier alpha value is -2.87. The van der Waals surface area contributed by atoms with Gasteiger partial charge in [0.15, 0.2) is 0 Å². The second-order valence-corrected chi connectivity index (χ2v) is 6.88. The van der Waals surface area contributed by atoms with Gasteiger partial charge in [-0.25, -0.2) is 0 Å². The average Bonchev–Trinajstić information content (AvgIpc) is 2.65. The van der Waals surface area contributed by atoms with Crippen molar-refractivity contribution in [3.05, 3.63) is 106 Å². The second-order valence-electron chi connectivity index (χ2n) is 6.88. The summed E-state index contributed by atoms with van der Waals surface area (Å²) >= 11 is 0. The summed E-state index contributed by atoms with van der Waals surface area (Å²) in [6.07, 6.45) is 0. The first-order valence-corrected chi connectivity index (χ1v) is 8.99. The molecule has 0 saturated carbocycles. The summed E-state index contributed by atoms with van der Waals surface area (Å²) < 4.78 is 0. The topological polar surface area (TPSA) is 20.3 Å². The molecule has 3 aromatic carbocycles. The number of nitrogens with zero attached hydrogens (tertiary/aromatic N) is 1. The molecule has 0 aromatic heterocycles. The monoisotopic (exact) mass is 343 g/mol. The summed E-state index contributed by atoms with van der Waals surface area (Å²) in [6, 6.07) is 24.5. The van der Waals surface area contributed by atoms with E-state index in [1.54, 1.807) is 0 Å². The number of hydrogen-bond acceptors (Lipinski definition) is 1. The molecule has 26 heavy (non-hydrogen) atoms. The van der Waals surface area contributed by atoms with Gasteiger partial charge < -0.3 is 4.90 Å². The molecular formula is C24H25NO. The van der Waals surface area contributed by atoms with E-state index < -0.39 is 0 Å². The molecule has 132 valence electrons. The number of carbonyl (C=O) groups is 1. The average molecular weight is 343 g/mol. The Labute approximate surface area is 156 Å². The maximum atomic E-state index is 13.4. The van der Waals surface area contributed by atoms with Crippen LogP contribution in [0.2, 0.25) is 0 Å². The van der Waals surface area contributed by atoms with Gasteiger partial charge in [-0.15, -0.1) is 0 Å². The van der Waals surface area contributed by atoms with Crippen molar-refractivity contribution in [2.45, 2.75) is 33.9 Å². The molecule has 0 aliphatic rings. The first-order valence-electron chi connectivity index (χ1n) is 8.99. The molecule has 3 aromatic rings. The van der Waals surface area contributed by atoms with E-state index in [-0.39, 0.29) is 5.91 Å². The van der Waals surface area contributed by atoms with Gasteiger partial charge in [0, 0.05) is 18.7 Å². The fourth-order valence-electron chi connectivity index (χ4n) is 3.17. The van der Waals surface area contributed by atoms with E-state index >= 15 is 0 Å². The highest BCUT2D eigenvalue weighted by Crippen LogP contribution is 2.20. The first kappa shape index (κ1) is 17.9. The van der Waals surface area contributed by atoms with Crippen LogP contribution in [0.1, 0.15) is 38.2 Å². The number of benzene rings is 3. The van der Waals surface area contributed by atoms with Crippen LogP contribution in [-0.4, -0.2) is 10.8 Å². The predicted octanol–water partition coefficient (Wildman–Crippen LogP) is 5.45. The van der Waals surface area contributed by atoms with Crippen molar-refractivity contribution in [1.29, 1.82) is 0 Å². The van der Waals surface area contributed by atoms with Gasteiger partial charge >= 0.3 is 0 Å². The molecule has 0 N–H and O–H groups in total. The standard InChI is InChI=1S/C24H25NO/c1-18-14-20(3)23(15-19(18)2)24(26)25(16-21-10-6-4-7-11-21)17-22-12-8-5-9-13-22/h4-15H,16-17H2,1-3H3. The molecule has 0 bridgehead atoms. The van der Waals surface area contributed by atoms with Crippen molar-refractivity contribution >= 4 is 5.91 Å². The zero-order chi connectivity index (χ0) is 18.5. The van der Waals surface area contributed by atoms with Gasteiger partial charge in [-0.05, 0) is 54.7 Å². The Morgan fingerprint density at radius 2 is 1.15 bits per heavy atom. The highest BCUT2D eigenvalue weighted by atomic mass is 16.2. The Balaban J connectivity index is 1.94. The van der Waals surface area contributed by atoms with Crippen LogP contribution in [0.4, 0.5) is 0 Å². The van der Waals surface area contributed by atoms with E-state index in [1.165, 1.54) is 5.56 Å². The molecule has 0 spiro atoms. The third-order valence-corrected chi connectivity index (χ3v) is 4.79. The fraction of sp³-hybridized carbons (Fsp3) is 0.208. The Morgan fingerprint density at radius 3 is 1.65 bits per heavy atom. The minimum absolute atomic E-state index is 0.0818. The lowest BCUT2D eigenvalue weighted by molar-refractivity contribution is 0.0729. The minimum Gasteiger partial charge on any atom is -0.330 e. The molecule has 2 nitrogen and oxygen atoms in total. The summed E-state index contributed by atoms with van der Waals surface area (Å²) in [7, 11) is 0. The van der Waals surface area contributed by atoms with Crippen molar-refractivity contribution in [1.82, 2.24) is 4.90 Å². The van der Waals surface area contributed by atoms with Crippen LogP contribution in [0.5, 0.6) is 0 Å². The van der Waals surface area contributed by atoms with Crippen LogP contribution < -0.4 is 0 Å². The van der Waals surface area contributed by atoms with Crippen LogP contribution in [0, 0.1) is 20.8 Å². The molecule has 0 aliphatic carbocycles. The summed E-state index contributed by atoms with van der Waals surface area (Å²) in [5.74, 6) is 0.0818. The fourth-order valence-corrected chi connectivity index (χ4v) is 3.17. The number of rotatable bonds is 5. The zero-order valence-corrected chi connectivity index (χ0v) is 15.7. The molecule has 0 radical (unpaired) electrons. The molecule has 1 amide bonds. The third kappa shape index (κ3) is 4.20. The van der Waals surface area contributed by atoms with Gasteiger partial charge in [0.25, 0.3) is 5.91 Å². The van der Waals surface area contributed by atoms with Crippen molar-refractivity contribution < 1.29 is 4.79 Å². The van der Waals surface area contributed by atoms with Crippen LogP contribution in [0.3, 0.4) is 0 Å². The lowest BCUT2D eigenvalue weighted by atomic mass is 9.99. The summed E-state index contributed by atoms with van der Waals surface area (Å²) in [5, 5.41) is 0. The predicted molar refractivity (Wildman–Crippen MR) is 107 cm³/mol. The number of aryl methyl sites for hydroxylation is 3. The molecule has 0 aliphatic heterocycles. The first-order chi connectivity index (χ1) is 12.5. The van der Waals surface area contributed by atoms with Crippen molar-refractivity contribution in [2.75, 3.05) is 0 Å². The molecule has 0 fully saturated rings. The van der Waals surface area contributed by atoms with E-state index in [9.17, 15) is 4.79 Å². The lowest BCUT2D eigenvalue weighted by Crippen LogP contribution is -2.30. The van der Waals surface area contributed by atoms with Gasteiger partial charge in [-0.2, -0.15) is 0 Å². The van der Waals surface area contributed by atoms with Crippen LogP contribution in [0.15, 0.2) is 72.8 Å². The Bertz CT molecular complexity index is 843. The molecule has 0 unspecified atom stereocenters. The smallest absolute Gasteiger partial charge is 0.254 e. The Kier molecular flexibility index (Phi) is 5.52. The van der Waals surface area contributed by atoms with E-state index in [0.717, 1.165) is 27.8 Å². The van der Waals surface area contributed by atoms with Gasteiger partial charge in [-0.3, -0.25) is 4.79 Å². The van der Waals surface area contributed by atoms with E-state index in [2.05, 4.69) is 44.2 Å². The lowest BCUT2D eigenvalue weighted by Gasteiger charge is -2.24. The second kappa shape index (κ2) is 8.01. The maximum absolute atomic E-state index is 13.4.